The molecule has 2 aromatic rings. The predicted octanol–water partition coefficient (Wildman–Crippen LogP) is 2.68. The molecule has 2 atom stereocenters. The van der Waals surface area contributed by atoms with Gasteiger partial charge in [-0.3, -0.25) is 0 Å². The first kappa shape index (κ1) is 17.5. The van der Waals surface area contributed by atoms with E-state index in [9.17, 15) is 5.11 Å². The summed E-state index contributed by atoms with van der Waals surface area (Å²) in [5.74, 6) is 0.677. The molecular formula is C20H29N5O. The van der Waals surface area contributed by atoms with Crippen molar-refractivity contribution >= 4 is 16.6 Å². The predicted molar refractivity (Wildman–Crippen MR) is 104 cm³/mol. The first-order valence-electron chi connectivity index (χ1n) is 9.69. The van der Waals surface area contributed by atoms with Crippen molar-refractivity contribution in [3.05, 3.63) is 36.3 Å². The van der Waals surface area contributed by atoms with Crippen LogP contribution in [0.4, 0.5) is 0 Å². The maximum Gasteiger partial charge on any atom is 0.137 e. The zero-order valence-electron chi connectivity index (χ0n) is 15.4. The van der Waals surface area contributed by atoms with E-state index in [1.54, 1.807) is 0 Å². The Morgan fingerprint density at radius 2 is 2.12 bits per heavy atom. The lowest BCUT2D eigenvalue weighted by atomic mass is 9.93. The van der Waals surface area contributed by atoms with Gasteiger partial charge in [-0.2, -0.15) is 0 Å². The smallest absolute Gasteiger partial charge is 0.137 e. The summed E-state index contributed by atoms with van der Waals surface area (Å²) in [6.07, 6.45) is 12.1. The summed E-state index contributed by atoms with van der Waals surface area (Å²) in [5, 5.41) is 15.5. The quantitative estimate of drug-likeness (QED) is 0.694. The van der Waals surface area contributed by atoms with Crippen LogP contribution in [0, 0.1) is 5.92 Å². The summed E-state index contributed by atoms with van der Waals surface area (Å²) in [6.45, 7) is 0.888. The number of hydrogen-bond donors (Lipinski definition) is 3. The molecule has 0 spiro atoms. The van der Waals surface area contributed by atoms with Crippen LogP contribution in [0.1, 0.15) is 44.1 Å². The van der Waals surface area contributed by atoms with E-state index in [-0.39, 0.29) is 0 Å². The third-order valence-corrected chi connectivity index (χ3v) is 5.93. The molecule has 0 aromatic carbocycles. The number of aromatic nitrogens is 2. The van der Waals surface area contributed by atoms with Crippen LogP contribution < -0.4 is 5.73 Å². The number of aliphatic hydroxyl groups is 1. The van der Waals surface area contributed by atoms with Gasteiger partial charge in [0.1, 0.15) is 11.9 Å². The summed E-state index contributed by atoms with van der Waals surface area (Å²) in [4.78, 5) is 7.61. The highest BCUT2D eigenvalue weighted by Crippen LogP contribution is 2.37. The summed E-state index contributed by atoms with van der Waals surface area (Å²) < 4.78 is 0. The zero-order valence-corrected chi connectivity index (χ0v) is 15.4. The molecule has 0 saturated heterocycles. The zero-order chi connectivity index (χ0) is 18.1. The number of H-pyrrole nitrogens is 1. The van der Waals surface area contributed by atoms with Crippen LogP contribution in [0.25, 0.3) is 16.6 Å². The number of nitrogens with zero attached hydrogens (tertiary/aromatic N) is 3. The van der Waals surface area contributed by atoms with Gasteiger partial charge in [0.05, 0.1) is 0 Å². The van der Waals surface area contributed by atoms with E-state index in [4.69, 9.17) is 5.73 Å². The first-order chi connectivity index (χ1) is 12.6. The van der Waals surface area contributed by atoms with Crippen molar-refractivity contribution in [2.45, 2.75) is 50.8 Å². The number of aliphatic hydroxyl groups excluding tert-OH is 1. The number of nitrogens with two attached hydrogens (primary N) is 1. The topological polar surface area (TPSA) is 81.4 Å². The molecule has 3 heterocycles. The lowest BCUT2D eigenvalue weighted by Crippen LogP contribution is -2.44. The second-order valence-electron chi connectivity index (χ2n) is 7.71. The lowest BCUT2D eigenvalue weighted by molar-refractivity contribution is 0.00194. The van der Waals surface area contributed by atoms with Crippen molar-refractivity contribution in [2.24, 2.45) is 11.7 Å². The van der Waals surface area contributed by atoms with Crippen LogP contribution in [0.15, 0.2) is 30.7 Å². The minimum atomic E-state index is -0.727. The molecule has 2 aliphatic rings. The summed E-state index contributed by atoms with van der Waals surface area (Å²) in [5.41, 5.74) is 9.13. The fourth-order valence-corrected chi connectivity index (χ4v) is 4.64. The van der Waals surface area contributed by atoms with Gasteiger partial charge in [-0.05, 0) is 54.9 Å². The Hall–Kier alpha value is -1.89. The Morgan fingerprint density at radius 3 is 2.88 bits per heavy atom. The number of likely N-dealkylation sites (N-methyl/N-ethyl adjacent to an activating group) is 1. The molecular weight excluding hydrogens is 326 g/mol. The minimum Gasteiger partial charge on any atom is -0.379 e. The summed E-state index contributed by atoms with van der Waals surface area (Å²) >= 11 is 0. The van der Waals surface area contributed by atoms with Gasteiger partial charge in [-0.25, -0.2) is 9.99 Å². The molecule has 1 aliphatic heterocycles. The largest absolute Gasteiger partial charge is 0.379 e. The van der Waals surface area contributed by atoms with Crippen LogP contribution in [-0.4, -0.2) is 51.0 Å². The Balaban J connectivity index is 1.62. The van der Waals surface area contributed by atoms with Crippen molar-refractivity contribution in [3.8, 4) is 0 Å². The Morgan fingerprint density at radius 1 is 1.31 bits per heavy atom. The van der Waals surface area contributed by atoms with Gasteiger partial charge in [-0.1, -0.05) is 12.8 Å². The summed E-state index contributed by atoms with van der Waals surface area (Å²) in [7, 11) is 2.15. The van der Waals surface area contributed by atoms with Crippen molar-refractivity contribution < 1.29 is 5.11 Å². The first-order valence-corrected chi connectivity index (χ1v) is 9.69. The number of hydrazine groups is 1. The van der Waals surface area contributed by atoms with Crippen molar-refractivity contribution in [3.63, 3.8) is 0 Å². The number of nitrogens with one attached hydrogen (secondary N) is 1. The number of fused-ring (bicyclic) bond motifs is 1. The molecule has 1 aliphatic carbocycles. The normalized spacial score (nSPS) is 21.5. The molecule has 6 heteroatoms. The van der Waals surface area contributed by atoms with Crippen molar-refractivity contribution in [1.29, 1.82) is 0 Å². The summed E-state index contributed by atoms with van der Waals surface area (Å²) in [6, 6.07) is 4.61. The van der Waals surface area contributed by atoms with E-state index >= 15 is 0 Å². The molecule has 1 unspecified atom stereocenters. The van der Waals surface area contributed by atoms with Gasteiger partial charge in [0.25, 0.3) is 0 Å². The van der Waals surface area contributed by atoms with Crippen LogP contribution in [0.2, 0.25) is 0 Å². The third kappa shape index (κ3) is 3.37. The van der Waals surface area contributed by atoms with E-state index in [1.165, 1.54) is 42.2 Å². The third-order valence-electron chi connectivity index (χ3n) is 5.93. The lowest BCUT2D eigenvalue weighted by Gasteiger charge is -2.37. The molecule has 4 rings (SSSR count). The molecule has 0 radical (unpaired) electrons. The van der Waals surface area contributed by atoms with Crippen molar-refractivity contribution in [1.82, 2.24) is 20.0 Å². The second-order valence-corrected chi connectivity index (χ2v) is 7.71. The Bertz CT molecular complexity index is 777. The molecule has 1 saturated carbocycles. The minimum absolute atomic E-state index is 0.404. The Labute approximate surface area is 154 Å². The average molecular weight is 355 g/mol. The molecule has 0 bridgehead atoms. The van der Waals surface area contributed by atoms with Gasteiger partial charge in [0, 0.05) is 43.6 Å². The fraction of sp³-hybridized carbons (Fsp3) is 0.550. The van der Waals surface area contributed by atoms with Crippen LogP contribution in [0.5, 0.6) is 0 Å². The van der Waals surface area contributed by atoms with E-state index in [2.05, 4.69) is 45.4 Å². The standard InChI is InChI=1S/C20H29N5O/c1-24-12-15(16-8-10-22-20-17(16)9-11-23-20)13-25(24)18(6-7-19(21)26)14-4-2-3-5-14/h8-11,13-14,18-19,26H,2-7,12,21H2,1H3,(H,22,23)/t18-,19?/m1/s1. The van der Waals surface area contributed by atoms with Crippen molar-refractivity contribution in [2.75, 3.05) is 13.6 Å². The van der Waals surface area contributed by atoms with Gasteiger partial charge < -0.3 is 20.8 Å². The van der Waals surface area contributed by atoms with Gasteiger partial charge in [-0.15, -0.1) is 0 Å². The van der Waals surface area contributed by atoms with Gasteiger partial charge >= 0.3 is 0 Å². The molecule has 1 fully saturated rings. The second kappa shape index (κ2) is 7.39. The molecule has 0 amide bonds. The van der Waals surface area contributed by atoms with Gasteiger partial charge in [0.2, 0.25) is 0 Å². The number of pyridine rings is 1. The van der Waals surface area contributed by atoms with Crippen LogP contribution in [-0.2, 0) is 0 Å². The number of hydrogen-bond acceptors (Lipinski definition) is 5. The SMILES string of the molecule is CN1CC(c2ccnc3[nH]ccc23)=CN1[C@H](CCC(N)O)C1CCCC1. The highest BCUT2D eigenvalue weighted by Gasteiger charge is 2.33. The van der Waals surface area contributed by atoms with Gasteiger partial charge in [0.15, 0.2) is 0 Å². The van der Waals surface area contributed by atoms with Crippen LogP contribution in [0.3, 0.4) is 0 Å². The number of rotatable bonds is 6. The maximum atomic E-state index is 9.60. The average Bonchev–Trinajstić information content (AvgIpc) is 3.35. The monoisotopic (exact) mass is 355 g/mol. The fourth-order valence-electron chi connectivity index (χ4n) is 4.64. The van der Waals surface area contributed by atoms with E-state index < -0.39 is 6.23 Å². The van der Waals surface area contributed by atoms with E-state index in [0.29, 0.717) is 18.4 Å². The van der Waals surface area contributed by atoms with Crippen LogP contribution >= 0.6 is 0 Å². The van der Waals surface area contributed by atoms with E-state index in [0.717, 1.165) is 18.6 Å². The highest BCUT2D eigenvalue weighted by molar-refractivity contribution is 5.90. The highest BCUT2D eigenvalue weighted by atomic mass is 16.3. The molecule has 26 heavy (non-hydrogen) atoms. The molecule has 2 aromatic heterocycles. The molecule has 6 nitrogen and oxygen atoms in total. The molecule has 4 N–H and O–H groups in total. The van der Waals surface area contributed by atoms with E-state index in [1.807, 2.05) is 12.4 Å². The Kier molecular flexibility index (Phi) is 4.98. The maximum absolute atomic E-state index is 9.60. The molecule has 140 valence electrons. The number of aromatic amines is 1.